The second-order valence-electron chi connectivity index (χ2n) is 5.37. The first-order valence-electron chi connectivity index (χ1n) is 7.05. The van der Waals surface area contributed by atoms with E-state index in [0.717, 1.165) is 22.3 Å². The fourth-order valence-corrected chi connectivity index (χ4v) is 3.68. The minimum absolute atomic E-state index is 0.299. The summed E-state index contributed by atoms with van der Waals surface area (Å²) in [6, 6.07) is 16.7. The molecule has 0 aliphatic rings. The van der Waals surface area contributed by atoms with Gasteiger partial charge in [0.1, 0.15) is 0 Å². The van der Waals surface area contributed by atoms with E-state index in [2.05, 4.69) is 0 Å². The van der Waals surface area contributed by atoms with Gasteiger partial charge in [-0.1, -0.05) is 48.0 Å². The van der Waals surface area contributed by atoms with Gasteiger partial charge in [0.2, 0.25) is 0 Å². The van der Waals surface area contributed by atoms with Crippen LogP contribution in [-0.4, -0.2) is 12.4 Å². The maximum atomic E-state index is 12.7. The van der Waals surface area contributed by atoms with Gasteiger partial charge in [0.05, 0.1) is 4.90 Å². The number of aromatic nitrogens is 1. The molecule has 3 rings (SSSR count). The zero-order chi connectivity index (χ0) is 15.7. The van der Waals surface area contributed by atoms with Crippen LogP contribution in [0.4, 0.5) is 0 Å². The number of hydrogen-bond donors (Lipinski definition) is 0. The molecule has 112 valence electrons. The lowest BCUT2D eigenvalue weighted by molar-refractivity contribution is 0.587. The van der Waals surface area contributed by atoms with Crippen molar-refractivity contribution in [1.29, 1.82) is 0 Å². The molecule has 3 aromatic rings. The van der Waals surface area contributed by atoms with Crippen molar-refractivity contribution < 1.29 is 8.42 Å². The molecule has 3 nitrogen and oxygen atoms in total. The topological polar surface area (TPSA) is 39.1 Å². The predicted molar refractivity (Wildman–Crippen MR) is 88.4 cm³/mol. The van der Waals surface area contributed by atoms with Gasteiger partial charge in [0.15, 0.2) is 0 Å². The molecular weight excluding hydrogens is 294 g/mol. The van der Waals surface area contributed by atoms with Crippen LogP contribution in [0.1, 0.15) is 11.1 Å². The molecule has 0 saturated heterocycles. The molecule has 0 radical (unpaired) electrons. The van der Waals surface area contributed by atoms with Crippen molar-refractivity contribution >= 4 is 10.0 Å². The first-order chi connectivity index (χ1) is 10.5. The molecule has 0 aliphatic heterocycles. The van der Waals surface area contributed by atoms with E-state index in [1.807, 2.05) is 44.2 Å². The quantitative estimate of drug-likeness (QED) is 0.733. The molecule has 0 saturated carbocycles. The highest BCUT2D eigenvalue weighted by Gasteiger charge is 2.18. The van der Waals surface area contributed by atoms with Gasteiger partial charge in [-0.15, -0.1) is 0 Å². The average Bonchev–Trinajstić information content (AvgIpc) is 2.91. The van der Waals surface area contributed by atoms with Gasteiger partial charge in [-0.2, -0.15) is 0 Å². The van der Waals surface area contributed by atoms with Crippen LogP contribution in [0, 0.1) is 13.8 Å². The van der Waals surface area contributed by atoms with Crippen LogP contribution in [0.5, 0.6) is 0 Å². The van der Waals surface area contributed by atoms with E-state index in [4.69, 9.17) is 0 Å². The van der Waals surface area contributed by atoms with Gasteiger partial charge >= 0.3 is 0 Å². The SMILES string of the molecule is Cc1ccc(S(=O)(=O)n2cc(C)c(-c3ccccc3)c2)cc1. The molecular formula is C18H17NO2S. The summed E-state index contributed by atoms with van der Waals surface area (Å²) < 4.78 is 26.7. The highest BCUT2D eigenvalue weighted by atomic mass is 32.2. The maximum absolute atomic E-state index is 12.7. The standard InChI is InChI=1S/C18H17NO2S/c1-14-8-10-17(11-9-14)22(20,21)19-12-15(2)18(13-19)16-6-4-3-5-7-16/h3-13H,1-2H3. The first kappa shape index (κ1) is 14.6. The number of benzene rings is 2. The molecule has 0 fully saturated rings. The Kier molecular flexibility index (Phi) is 3.62. The molecule has 0 aliphatic carbocycles. The summed E-state index contributed by atoms with van der Waals surface area (Å²) in [6.07, 6.45) is 3.34. The molecule has 22 heavy (non-hydrogen) atoms. The maximum Gasteiger partial charge on any atom is 0.267 e. The van der Waals surface area contributed by atoms with Crippen molar-refractivity contribution in [1.82, 2.24) is 3.97 Å². The second kappa shape index (κ2) is 5.46. The Hall–Kier alpha value is -2.33. The molecule has 1 aromatic heterocycles. The van der Waals surface area contributed by atoms with E-state index in [9.17, 15) is 8.42 Å². The van der Waals surface area contributed by atoms with Gasteiger partial charge in [-0.05, 0) is 37.1 Å². The van der Waals surface area contributed by atoms with E-state index in [0.29, 0.717) is 4.90 Å². The van der Waals surface area contributed by atoms with Gasteiger partial charge in [0, 0.05) is 18.0 Å². The van der Waals surface area contributed by atoms with E-state index in [1.54, 1.807) is 36.7 Å². The van der Waals surface area contributed by atoms with E-state index < -0.39 is 10.0 Å². The Bertz CT molecular complexity index is 892. The van der Waals surface area contributed by atoms with E-state index >= 15 is 0 Å². The third kappa shape index (κ3) is 2.57. The Morgan fingerprint density at radius 3 is 2.09 bits per heavy atom. The van der Waals surface area contributed by atoms with Crippen LogP contribution >= 0.6 is 0 Å². The Labute approximate surface area is 130 Å². The van der Waals surface area contributed by atoms with Gasteiger partial charge < -0.3 is 0 Å². The molecule has 2 aromatic carbocycles. The fourth-order valence-electron chi connectivity index (χ4n) is 2.42. The largest absolute Gasteiger partial charge is 0.267 e. The van der Waals surface area contributed by atoms with Crippen LogP contribution in [0.15, 0.2) is 71.9 Å². The third-order valence-electron chi connectivity index (χ3n) is 3.68. The smallest absolute Gasteiger partial charge is 0.248 e. The molecule has 4 heteroatoms. The highest BCUT2D eigenvalue weighted by Crippen LogP contribution is 2.26. The second-order valence-corrected chi connectivity index (χ2v) is 7.21. The molecule has 0 spiro atoms. The number of nitrogens with zero attached hydrogens (tertiary/aromatic N) is 1. The number of rotatable bonds is 3. The lowest BCUT2D eigenvalue weighted by Crippen LogP contribution is -2.10. The van der Waals surface area contributed by atoms with Crippen LogP contribution in [0.2, 0.25) is 0 Å². The fraction of sp³-hybridized carbons (Fsp3) is 0.111. The summed E-state index contributed by atoms with van der Waals surface area (Å²) in [5.41, 5.74) is 3.91. The predicted octanol–water partition coefficient (Wildman–Crippen LogP) is 4.01. The van der Waals surface area contributed by atoms with Crippen LogP contribution in [-0.2, 0) is 10.0 Å². The van der Waals surface area contributed by atoms with Crippen LogP contribution in [0.3, 0.4) is 0 Å². The molecule has 0 bridgehead atoms. The molecule has 0 atom stereocenters. The Morgan fingerprint density at radius 1 is 0.818 bits per heavy atom. The molecule has 0 unspecified atom stereocenters. The Balaban J connectivity index is 2.08. The molecule has 0 N–H and O–H groups in total. The summed E-state index contributed by atoms with van der Waals surface area (Å²) in [4.78, 5) is 0.299. The van der Waals surface area contributed by atoms with Gasteiger partial charge in [0.25, 0.3) is 10.0 Å². The third-order valence-corrected chi connectivity index (χ3v) is 5.32. The van der Waals surface area contributed by atoms with Crippen molar-refractivity contribution in [3.8, 4) is 11.1 Å². The Morgan fingerprint density at radius 2 is 1.45 bits per heavy atom. The van der Waals surface area contributed by atoms with Crippen molar-refractivity contribution in [3.63, 3.8) is 0 Å². The summed E-state index contributed by atoms with van der Waals surface area (Å²) in [6.45, 7) is 3.85. The zero-order valence-corrected chi connectivity index (χ0v) is 13.3. The summed E-state index contributed by atoms with van der Waals surface area (Å²) in [5, 5.41) is 0. The van der Waals surface area contributed by atoms with Crippen LogP contribution in [0.25, 0.3) is 11.1 Å². The van der Waals surface area contributed by atoms with Gasteiger partial charge in [-0.3, -0.25) is 0 Å². The lowest BCUT2D eigenvalue weighted by Gasteiger charge is -2.05. The van der Waals surface area contributed by atoms with E-state index in [-0.39, 0.29) is 0 Å². The number of hydrogen-bond acceptors (Lipinski definition) is 2. The van der Waals surface area contributed by atoms with Crippen molar-refractivity contribution in [2.45, 2.75) is 18.7 Å². The summed E-state index contributed by atoms with van der Waals surface area (Å²) in [7, 11) is -3.55. The molecule has 1 heterocycles. The minimum atomic E-state index is -3.55. The van der Waals surface area contributed by atoms with E-state index in [1.165, 1.54) is 3.97 Å². The number of aryl methyl sites for hydroxylation is 2. The normalized spacial score (nSPS) is 11.5. The summed E-state index contributed by atoms with van der Waals surface area (Å²) >= 11 is 0. The molecule has 0 amide bonds. The monoisotopic (exact) mass is 311 g/mol. The minimum Gasteiger partial charge on any atom is -0.248 e. The van der Waals surface area contributed by atoms with Crippen molar-refractivity contribution in [2.24, 2.45) is 0 Å². The van der Waals surface area contributed by atoms with Crippen molar-refractivity contribution in [2.75, 3.05) is 0 Å². The first-order valence-corrected chi connectivity index (χ1v) is 8.49. The lowest BCUT2D eigenvalue weighted by atomic mass is 10.1. The highest BCUT2D eigenvalue weighted by molar-refractivity contribution is 7.90. The van der Waals surface area contributed by atoms with Crippen LogP contribution < -0.4 is 0 Å². The average molecular weight is 311 g/mol. The zero-order valence-electron chi connectivity index (χ0n) is 12.5. The van der Waals surface area contributed by atoms with Gasteiger partial charge in [-0.25, -0.2) is 12.4 Å². The van der Waals surface area contributed by atoms with Crippen molar-refractivity contribution in [3.05, 3.63) is 78.1 Å². The summed E-state index contributed by atoms with van der Waals surface area (Å²) in [5.74, 6) is 0.